The van der Waals surface area contributed by atoms with Gasteiger partial charge in [-0.15, -0.1) is 0 Å². The summed E-state index contributed by atoms with van der Waals surface area (Å²) in [6, 6.07) is 18.2. The van der Waals surface area contributed by atoms with Crippen LogP contribution in [0.15, 0.2) is 54.6 Å². The van der Waals surface area contributed by atoms with Crippen molar-refractivity contribution in [3.63, 3.8) is 0 Å². The number of aryl methyl sites for hydroxylation is 1. The van der Waals surface area contributed by atoms with Crippen LogP contribution in [0.3, 0.4) is 0 Å². The summed E-state index contributed by atoms with van der Waals surface area (Å²) < 4.78 is 0. The van der Waals surface area contributed by atoms with Crippen LogP contribution >= 0.6 is 0 Å². The zero-order valence-electron chi connectivity index (χ0n) is 10.1. The molecule has 2 rings (SSSR count). The first-order valence-corrected chi connectivity index (χ1v) is 6.11. The number of aliphatic hydroxyl groups is 1. The summed E-state index contributed by atoms with van der Waals surface area (Å²) in [5, 5.41) is 10.3. The monoisotopic (exact) mass is 226 g/mol. The van der Waals surface area contributed by atoms with Gasteiger partial charge in [0.05, 0.1) is 6.10 Å². The molecule has 0 heterocycles. The van der Waals surface area contributed by atoms with Crippen molar-refractivity contribution in [3.05, 3.63) is 71.3 Å². The summed E-state index contributed by atoms with van der Waals surface area (Å²) in [4.78, 5) is 0. The van der Waals surface area contributed by atoms with Crippen molar-refractivity contribution in [2.45, 2.75) is 25.9 Å². The molecule has 0 saturated carbocycles. The smallest absolute Gasteiger partial charge is 0.0833 e. The summed E-state index contributed by atoms with van der Waals surface area (Å²) in [6.45, 7) is 2.12. The van der Waals surface area contributed by atoms with Crippen LogP contribution in [0, 0.1) is 0 Å². The van der Waals surface area contributed by atoms with Gasteiger partial charge in [-0.25, -0.2) is 0 Å². The molecule has 0 aromatic heterocycles. The molecule has 1 nitrogen and oxygen atoms in total. The minimum Gasteiger partial charge on any atom is -0.388 e. The van der Waals surface area contributed by atoms with E-state index in [1.165, 1.54) is 11.1 Å². The van der Waals surface area contributed by atoms with Crippen molar-refractivity contribution in [3.8, 4) is 0 Å². The first-order chi connectivity index (χ1) is 8.31. The molecule has 17 heavy (non-hydrogen) atoms. The first kappa shape index (κ1) is 11.9. The van der Waals surface area contributed by atoms with Crippen LogP contribution in [0.1, 0.15) is 29.7 Å². The predicted molar refractivity (Wildman–Crippen MR) is 70.9 cm³/mol. The molecule has 0 aliphatic heterocycles. The summed E-state index contributed by atoms with van der Waals surface area (Å²) >= 11 is 0. The quantitative estimate of drug-likeness (QED) is 0.845. The van der Waals surface area contributed by atoms with E-state index in [2.05, 4.69) is 25.1 Å². The lowest BCUT2D eigenvalue weighted by atomic mass is 9.96. The molecule has 0 aliphatic carbocycles. The second kappa shape index (κ2) is 5.65. The maximum atomic E-state index is 10.3. The van der Waals surface area contributed by atoms with Crippen LogP contribution in [0.5, 0.6) is 0 Å². The molecule has 0 spiro atoms. The average Bonchev–Trinajstić information content (AvgIpc) is 2.40. The number of hydrogen-bond donors (Lipinski definition) is 1. The highest BCUT2D eigenvalue weighted by Gasteiger charge is 2.11. The second-order valence-electron chi connectivity index (χ2n) is 4.26. The molecule has 0 amide bonds. The molecule has 88 valence electrons. The van der Waals surface area contributed by atoms with Crippen LogP contribution in [0.4, 0.5) is 0 Å². The molecule has 1 atom stereocenters. The van der Waals surface area contributed by atoms with Crippen molar-refractivity contribution in [2.24, 2.45) is 0 Å². The molecule has 1 unspecified atom stereocenters. The van der Waals surface area contributed by atoms with Crippen LogP contribution in [-0.2, 0) is 12.8 Å². The topological polar surface area (TPSA) is 20.2 Å². The van der Waals surface area contributed by atoms with Crippen LogP contribution < -0.4 is 0 Å². The zero-order chi connectivity index (χ0) is 12.1. The highest BCUT2D eigenvalue weighted by molar-refractivity contribution is 5.30. The molecule has 2 aromatic rings. The van der Waals surface area contributed by atoms with E-state index < -0.39 is 6.10 Å². The Hall–Kier alpha value is -1.60. The number of hydrogen-bond acceptors (Lipinski definition) is 1. The average molecular weight is 226 g/mol. The van der Waals surface area contributed by atoms with Crippen molar-refractivity contribution in [2.75, 3.05) is 0 Å². The predicted octanol–water partition coefficient (Wildman–Crippen LogP) is 3.53. The standard InChI is InChI=1S/C16H18O/c1-2-14-10-6-7-11-15(14)16(17)12-13-8-4-3-5-9-13/h3-11,16-17H,2,12H2,1H3. The fourth-order valence-corrected chi connectivity index (χ4v) is 2.13. The minimum absolute atomic E-state index is 0.409. The maximum absolute atomic E-state index is 10.3. The Morgan fingerprint density at radius 1 is 0.941 bits per heavy atom. The van der Waals surface area contributed by atoms with Crippen molar-refractivity contribution in [1.29, 1.82) is 0 Å². The fourth-order valence-electron chi connectivity index (χ4n) is 2.13. The number of rotatable bonds is 4. The number of aliphatic hydroxyl groups excluding tert-OH is 1. The van der Waals surface area contributed by atoms with E-state index in [4.69, 9.17) is 0 Å². The Bertz CT molecular complexity index is 462. The SMILES string of the molecule is CCc1ccccc1C(O)Cc1ccccc1. The van der Waals surface area contributed by atoms with E-state index in [1.54, 1.807) is 0 Å². The van der Waals surface area contributed by atoms with Gasteiger partial charge in [0.25, 0.3) is 0 Å². The highest BCUT2D eigenvalue weighted by Crippen LogP contribution is 2.22. The molecular weight excluding hydrogens is 208 g/mol. The van der Waals surface area contributed by atoms with E-state index >= 15 is 0 Å². The van der Waals surface area contributed by atoms with Crippen molar-refractivity contribution < 1.29 is 5.11 Å². The van der Waals surface area contributed by atoms with Gasteiger partial charge in [0.1, 0.15) is 0 Å². The van der Waals surface area contributed by atoms with Gasteiger partial charge in [0, 0.05) is 6.42 Å². The van der Waals surface area contributed by atoms with Crippen LogP contribution in [0.25, 0.3) is 0 Å². The Kier molecular flexibility index (Phi) is 3.94. The molecule has 1 N–H and O–H groups in total. The highest BCUT2D eigenvalue weighted by atomic mass is 16.3. The van der Waals surface area contributed by atoms with E-state index in [-0.39, 0.29) is 0 Å². The third kappa shape index (κ3) is 2.95. The van der Waals surface area contributed by atoms with Crippen LogP contribution in [-0.4, -0.2) is 5.11 Å². The Labute approximate surface area is 103 Å². The first-order valence-electron chi connectivity index (χ1n) is 6.11. The lowest BCUT2D eigenvalue weighted by molar-refractivity contribution is 0.177. The molecule has 1 heteroatoms. The van der Waals surface area contributed by atoms with Crippen molar-refractivity contribution >= 4 is 0 Å². The van der Waals surface area contributed by atoms with Gasteiger partial charge in [-0.2, -0.15) is 0 Å². The largest absolute Gasteiger partial charge is 0.388 e. The molecule has 0 bridgehead atoms. The van der Waals surface area contributed by atoms with Gasteiger partial charge in [-0.3, -0.25) is 0 Å². The van der Waals surface area contributed by atoms with E-state index in [0.29, 0.717) is 6.42 Å². The maximum Gasteiger partial charge on any atom is 0.0833 e. The van der Waals surface area contributed by atoms with Gasteiger partial charge < -0.3 is 5.11 Å². The van der Waals surface area contributed by atoms with E-state index in [0.717, 1.165) is 12.0 Å². The normalized spacial score (nSPS) is 12.4. The second-order valence-corrected chi connectivity index (χ2v) is 4.26. The lowest BCUT2D eigenvalue weighted by Crippen LogP contribution is -2.04. The van der Waals surface area contributed by atoms with Crippen molar-refractivity contribution in [1.82, 2.24) is 0 Å². The van der Waals surface area contributed by atoms with Gasteiger partial charge in [-0.1, -0.05) is 61.5 Å². The van der Waals surface area contributed by atoms with E-state index in [1.807, 2.05) is 36.4 Å². The van der Waals surface area contributed by atoms with Crippen LogP contribution in [0.2, 0.25) is 0 Å². The molecular formula is C16H18O. The summed E-state index contributed by atoms with van der Waals surface area (Å²) in [5.74, 6) is 0. The van der Waals surface area contributed by atoms with Gasteiger partial charge in [0.2, 0.25) is 0 Å². The minimum atomic E-state index is -0.409. The number of benzene rings is 2. The summed E-state index contributed by atoms with van der Waals surface area (Å²) in [6.07, 6.45) is 1.23. The zero-order valence-corrected chi connectivity index (χ0v) is 10.1. The third-order valence-corrected chi connectivity index (χ3v) is 3.07. The van der Waals surface area contributed by atoms with E-state index in [9.17, 15) is 5.11 Å². The molecule has 0 radical (unpaired) electrons. The third-order valence-electron chi connectivity index (χ3n) is 3.07. The Balaban J connectivity index is 2.17. The van der Waals surface area contributed by atoms with Gasteiger partial charge in [0.15, 0.2) is 0 Å². The summed E-state index contributed by atoms with van der Waals surface area (Å²) in [7, 11) is 0. The molecule has 2 aromatic carbocycles. The summed E-state index contributed by atoms with van der Waals surface area (Å²) in [5.41, 5.74) is 3.46. The van der Waals surface area contributed by atoms with Gasteiger partial charge >= 0.3 is 0 Å². The fraction of sp³-hybridized carbons (Fsp3) is 0.250. The molecule has 0 fully saturated rings. The Morgan fingerprint density at radius 2 is 1.59 bits per heavy atom. The molecule has 0 saturated heterocycles. The lowest BCUT2D eigenvalue weighted by Gasteiger charge is -2.14. The molecule has 0 aliphatic rings. The Morgan fingerprint density at radius 3 is 2.29 bits per heavy atom. The van der Waals surface area contributed by atoms with Gasteiger partial charge in [-0.05, 0) is 23.1 Å².